The summed E-state index contributed by atoms with van der Waals surface area (Å²) >= 11 is 0. The summed E-state index contributed by atoms with van der Waals surface area (Å²) in [5.41, 5.74) is 0.760. The smallest absolute Gasteiger partial charge is 0.332 e. The van der Waals surface area contributed by atoms with Crippen LogP contribution in [0.3, 0.4) is 0 Å². The number of carboxylic acids is 1. The van der Waals surface area contributed by atoms with E-state index < -0.39 is 24.3 Å². The molecule has 0 saturated carbocycles. The number of benzene rings is 1. The zero-order chi connectivity index (χ0) is 18.1. The standard InChI is InChI=1S/C15H21N3O6/c1-4-14(19)23-11(2)24-16-18(22)17(3)13(15(20)21)10-12-8-6-5-7-9-12/h5-9,11,13H,4,10H2,1-3H3,(H,20,21)/t11?,13-/m0/s1. The summed E-state index contributed by atoms with van der Waals surface area (Å²) in [6, 6.07) is 7.76. The molecule has 0 aliphatic carbocycles. The quantitative estimate of drug-likeness (QED) is 0.239. The van der Waals surface area contributed by atoms with Crippen LogP contribution < -0.4 is 0 Å². The van der Waals surface area contributed by atoms with E-state index in [0.29, 0.717) is 0 Å². The fraction of sp³-hybridized carbons (Fsp3) is 0.467. The van der Waals surface area contributed by atoms with Crippen LogP contribution >= 0.6 is 0 Å². The number of likely N-dealkylation sites (N-methyl/N-ethyl adjacent to an activating group) is 1. The molecule has 0 bridgehead atoms. The zero-order valence-electron chi connectivity index (χ0n) is 13.8. The lowest BCUT2D eigenvalue weighted by Gasteiger charge is -2.20. The van der Waals surface area contributed by atoms with Crippen LogP contribution in [0.5, 0.6) is 0 Å². The number of aliphatic carboxylic acids is 1. The van der Waals surface area contributed by atoms with Gasteiger partial charge in [-0.3, -0.25) is 9.63 Å². The van der Waals surface area contributed by atoms with Gasteiger partial charge in [0.05, 0.1) is 12.0 Å². The molecular weight excluding hydrogens is 318 g/mol. The van der Waals surface area contributed by atoms with Crippen molar-refractivity contribution in [2.45, 2.75) is 39.0 Å². The van der Waals surface area contributed by atoms with Crippen LogP contribution in [-0.2, 0) is 25.6 Å². The Morgan fingerprint density at radius 3 is 2.54 bits per heavy atom. The third-order valence-corrected chi connectivity index (χ3v) is 3.13. The Morgan fingerprint density at radius 2 is 2.00 bits per heavy atom. The molecule has 0 amide bonds. The van der Waals surface area contributed by atoms with Gasteiger partial charge in [0.1, 0.15) is 0 Å². The minimum absolute atomic E-state index is 0.0119. The number of carbonyl (C=O) groups is 2. The van der Waals surface area contributed by atoms with Gasteiger partial charge < -0.3 is 15.1 Å². The molecule has 132 valence electrons. The van der Waals surface area contributed by atoms with Gasteiger partial charge in [-0.25, -0.2) is 4.79 Å². The molecule has 24 heavy (non-hydrogen) atoms. The van der Waals surface area contributed by atoms with E-state index in [-0.39, 0.29) is 17.8 Å². The van der Waals surface area contributed by atoms with E-state index in [9.17, 15) is 19.9 Å². The summed E-state index contributed by atoms with van der Waals surface area (Å²) in [5, 5.41) is 25.3. The van der Waals surface area contributed by atoms with Gasteiger partial charge in [-0.15, -0.1) is 5.01 Å². The number of ether oxygens (including phenoxy) is 1. The Hall–Kier alpha value is -2.84. The normalized spacial score (nSPS) is 13.7. The van der Waals surface area contributed by atoms with Gasteiger partial charge in [-0.2, -0.15) is 0 Å². The molecule has 0 spiro atoms. The van der Waals surface area contributed by atoms with E-state index in [4.69, 9.17) is 9.57 Å². The fourth-order valence-corrected chi connectivity index (χ4v) is 1.79. The predicted octanol–water partition coefficient (Wildman–Crippen LogP) is 1.72. The summed E-state index contributed by atoms with van der Waals surface area (Å²) in [7, 11) is 1.28. The highest BCUT2D eigenvalue weighted by molar-refractivity contribution is 5.73. The fourth-order valence-electron chi connectivity index (χ4n) is 1.79. The van der Waals surface area contributed by atoms with E-state index in [2.05, 4.69) is 5.28 Å². The predicted molar refractivity (Wildman–Crippen MR) is 82.3 cm³/mol. The molecule has 2 atom stereocenters. The largest absolute Gasteiger partial charge is 0.569 e. The average Bonchev–Trinajstić information content (AvgIpc) is 2.57. The molecule has 9 heteroatoms. The number of carboxylic acid groups (broad SMARTS) is 1. The van der Waals surface area contributed by atoms with Gasteiger partial charge in [-0.05, 0) is 5.56 Å². The second kappa shape index (κ2) is 9.33. The van der Waals surface area contributed by atoms with E-state index >= 15 is 0 Å². The summed E-state index contributed by atoms with van der Waals surface area (Å²) in [4.78, 5) is 27.2. The molecular formula is C15H21N3O6. The van der Waals surface area contributed by atoms with Gasteiger partial charge >= 0.3 is 11.9 Å². The first-order chi connectivity index (χ1) is 11.3. The Bertz CT molecular complexity index is 578. The monoisotopic (exact) mass is 339 g/mol. The minimum Gasteiger partial charge on any atom is -0.569 e. The van der Waals surface area contributed by atoms with Gasteiger partial charge in [0.15, 0.2) is 6.04 Å². The summed E-state index contributed by atoms with van der Waals surface area (Å²) < 4.78 is 4.78. The molecule has 0 heterocycles. The maximum Gasteiger partial charge on any atom is 0.332 e. The third-order valence-electron chi connectivity index (χ3n) is 3.13. The maximum atomic E-state index is 11.9. The topological polar surface area (TPSA) is 114 Å². The lowest BCUT2D eigenvalue weighted by atomic mass is 10.1. The van der Waals surface area contributed by atoms with Crippen molar-refractivity contribution in [1.29, 1.82) is 0 Å². The summed E-state index contributed by atoms with van der Waals surface area (Å²) in [6.07, 6.45) is -0.784. The van der Waals surface area contributed by atoms with Crippen molar-refractivity contribution < 1.29 is 29.2 Å². The lowest BCUT2D eigenvalue weighted by molar-refractivity contribution is -0.712. The third kappa shape index (κ3) is 6.11. The zero-order valence-corrected chi connectivity index (χ0v) is 13.8. The molecule has 1 rings (SSSR count). The molecule has 0 aromatic heterocycles. The summed E-state index contributed by atoms with van der Waals surface area (Å²) in [6.45, 7) is 3.00. The van der Waals surface area contributed by atoms with Crippen molar-refractivity contribution in [3.63, 3.8) is 0 Å². The highest BCUT2D eigenvalue weighted by Crippen LogP contribution is 2.09. The molecule has 1 aromatic rings. The molecule has 9 nitrogen and oxygen atoms in total. The first-order valence-corrected chi connectivity index (χ1v) is 7.38. The Kier molecular flexibility index (Phi) is 7.47. The number of esters is 1. The number of hydrazine groups is 1. The molecule has 0 aliphatic heterocycles. The molecule has 0 fully saturated rings. The number of hydrogen-bond donors (Lipinski definition) is 1. The Labute approximate surface area is 139 Å². The van der Waals surface area contributed by atoms with E-state index in [1.807, 2.05) is 6.07 Å². The number of nitrogens with zero attached hydrogens (tertiary/aromatic N) is 3. The van der Waals surface area contributed by atoms with E-state index in [1.165, 1.54) is 14.0 Å². The van der Waals surface area contributed by atoms with Crippen LogP contribution in [0.2, 0.25) is 0 Å². The van der Waals surface area contributed by atoms with Crippen LogP contribution in [0.15, 0.2) is 35.6 Å². The Morgan fingerprint density at radius 1 is 1.38 bits per heavy atom. The van der Waals surface area contributed by atoms with E-state index in [0.717, 1.165) is 10.6 Å². The molecule has 0 radical (unpaired) electrons. The second-order valence-corrected chi connectivity index (χ2v) is 4.97. The van der Waals surface area contributed by atoms with Crippen molar-refractivity contribution in [2.75, 3.05) is 7.05 Å². The van der Waals surface area contributed by atoms with Crippen molar-refractivity contribution in [2.24, 2.45) is 5.28 Å². The summed E-state index contributed by atoms with van der Waals surface area (Å²) in [5.74, 6) is -1.68. The van der Waals surface area contributed by atoms with Gasteiger partial charge in [0.25, 0.3) is 6.29 Å². The van der Waals surface area contributed by atoms with Crippen molar-refractivity contribution in [3.8, 4) is 0 Å². The average molecular weight is 339 g/mol. The molecule has 0 saturated heterocycles. The first kappa shape index (κ1) is 19.2. The molecule has 1 N–H and O–H groups in total. The van der Waals surface area contributed by atoms with Crippen molar-refractivity contribution in [3.05, 3.63) is 41.1 Å². The van der Waals surface area contributed by atoms with Crippen molar-refractivity contribution in [1.82, 2.24) is 5.01 Å². The first-order valence-electron chi connectivity index (χ1n) is 7.38. The van der Waals surface area contributed by atoms with Crippen LogP contribution in [0.4, 0.5) is 0 Å². The van der Waals surface area contributed by atoms with Crippen LogP contribution in [0, 0.1) is 5.21 Å². The number of rotatable bonds is 9. The van der Waals surface area contributed by atoms with E-state index in [1.54, 1.807) is 31.2 Å². The van der Waals surface area contributed by atoms with Gasteiger partial charge in [0, 0.05) is 19.8 Å². The van der Waals surface area contributed by atoms with Gasteiger partial charge in [-0.1, -0.05) is 37.3 Å². The molecule has 1 unspecified atom stereocenters. The van der Waals surface area contributed by atoms with Crippen LogP contribution in [0.1, 0.15) is 25.8 Å². The second-order valence-electron chi connectivity index (χ2n) is 4.97. The highest BCUT2D eigenvalue weighted by atomic mass is 16.8. The SMILES string of the molecule is CCC(=O)OC(C)ON=[N+]([O-])N(C)[C@@H](Cc1ccccc1)C(=O)O. The maximum absolute atomic E-state index is 11.9. The number of carbonyl (C=O) groups excluding carboxylic acids is 1. The van der Waals surface area contributed by atoms with Gasteiger partial charge in [0.2, 0.25) is 5.28 Å². The van der Waals surface area contributed by atoms with Crippen LogP contribution in [0.25, 0.3) is 0 Å². The minimum atomic E-state index is -1.18. The van der Waals surface area contributed by atoms with Crippen molar-refractivity contribution >= 4 is 11.9 Å². The highest BCUT2D eigenvalue weighted by Gasteiger charge is 2.29. The lowest BCUT2D eigenvalue weighted by Crippen LogP contribution is -2.44. The molecule has 0 aliphatic rings. The Balaban J connectivity index is 2.71. The molecule has 1 aromatic carbocycles. The van der Waals surface area contributed by atoms with Crippen LogP contribution in [-0.4, -0.2) is 46.4 Å². The number of hydrogen-bond acceptors (Lipinski definition) is 6.